The molecule has 0 aromatic rings. The highest BCUT2D eigenvalue weighted by molar-refractivity contribution is 7.92. The number of ether oxygens (including phenoxy) is 2. The van der Waals surface area contributed by atoms with Crippen molar-refractivity contribution in [3.8, 4) is 0 Å². The smallest absolute Gasteiger partial charge is 0.158 e. The summed E-state index contributed by atoms with van der Waals surface area (Å²) in [4.78, 5) is 0. The average molecular weight is 264 g/mol. The Hall–Kier alpha value is -0.130. The van der Waals surface area contributed by atoms with Crippen LogP contribution in [0.1, 0.15) is 46.0 Å². The second kappa shape index (κ2) is 7.34. The lowest BCUT2D eigenvalue weighted by Gasteiger charge is -2.18. The molecule has 1 aliphatic carbocycles. The summed E-state index contributed by atoms with van der Waals surface area (Å²) in [6.45, 7) is 4.87. The lowest BCUT2D eigenvalue weighted by molar-refractivity contribution is -0.136. The molecule has 0 unspecified atom stereocenters. The maximum atomic E-state index is 12.0. The molecule has 0 heterocycles. The van der Waals surface area contributed by atoms with Gasteiger partial charge in [0.05, 0.1) is 11.0 Å². The Morgan fingerprint density at radius 2 is 1.65 bits per heavy atom. The molecule has 1 rings (SSSR count). The normalized spacial score (nSPS) is 18.1. The number of hydrogen-bond acceptors (Lipinski definition) is 4. The second-order valence-corrected chi connectivity index (χ2v) is 6.80. The summed E-state index contributed by atoms with van der Waals surface area (Å²) in [6.07, 6.45) is 3.82. The largest absolute Gasteiger partial charge is 0.353 e. The molecule has 0 aliphatic heterocycles. The molecule has 1 saturated carbocycles. The fourth-order valence-corrected chi connectivity index (χ4v) is 4.17. The van der Waals surface area contributed by atoms with E-state index in [0.717, 1.165) is 25.7 Å². The van der Waals surface area contributed by atoms with Crippen molar-refractivity contribution in [1.29, 1.82) is 0 Å². The Labute approximate surface area is 105 Å². The molecule has 0 atom stereocenters. The van der Waals surface area contributed by atoms with Crippen molar-refractivity contribution < 1.29 is 17.9 Å². The molecular formula is C12H24O4S. The zero-order valence-corrected chi connectivity index (χ0v) is 11.7. The van der Waals surface area contributed by atoms with E-state index in [4.69, 9.17) is 9.47 Å². The molecule has 0 aromatic heterocycles. The van der Waals surface area contributed by atoms with Gasteiger partial charge >= 0.3 is 0 Å². The van der Waals surface area contributed by atoms with Gasteiger partial charge in [-0.1, -0.05) is 12.8 Å². The summed E-state index contributed by atoms with van der Waals surface area (Å²) >= 11 is 0. The summed E-state index contributed by atoms with van der Waals surface area (Å²) in [7, 11) is -2.95. The van der Waals surface area contributed by atoms with Gasteiger partial charge in [0, 0.05) is 19.6 Å². The van der Waals surface area contributed by atoms with Crippen molar-refractivity contribution in [3.05, 3.63) is 0 Å². The van der Waals surface area contributed by atoms with Crippen LogP contribution in [0.3, 0.4) is 0 Å². The van der Waals surface area contributed by atoms with Crippen molar-refractivity contribution in [2.45, 2.75) is 57.5 Å². The zero-order chi connectivity index (χ0) is 12.7. The molecule has 0 saturated heterocycles. The van der Waals surface area contributed by atoms with Crippen molar-refractivity contribution in [3.63, 3.8) is 0 Å². The van der Waals surface area contributed by atoms with Gasteiger partial charge in [0.25, 0.3) is 0 Å². The molecule has 0 amide bonds. The summed E-state index contributed by atoms with van der Waals surface area (Å²) in [5, 5.41) is -0.119. The average Bonchev–Trinajstić information content (AvgIpc) is 2.81. The molecule has 0 spiro atoms. The van der Waals surface area contributed by atoms with Gasteiger partial charge in [-0.05, 0) is 26.7 Å². The minimum atomic E-state index is -2.95. The summed E-state index contributed by atoms with van der Waals surface area (Å²) < 4.78 is 34.8. The van der Waals surface area contributed by atoms with Crippen LogP contribution in [-0.2, 0) is 19.3 Å². The maximum Gasteiger partial charge on any atom is 0.158 e. The third-order valence-corrected chi connectivity index (χ3v) is 5.45. The van der Waals surface area contributed by atoms with E-state index in [1.165, 1.54) is 0 Å². The molecule has 5 heteroatoms. The van der Waals surface area contributed by atoms with Crippen LogP contribution >= 0.6 is 0 Å². The summed E-state index contributed by atoms with van der Waals surface area (Å²) in [5.41, 5.74) is 0. The van der Waals surface area contributed by atoms with E-state index < -0.39 is 9.84 Å². The Balaban J connectivity index is 2.40. The van der Waals surface area contributed by atoms with Crippen molar-refractivity contribution in [2.75, 3.05) is 19.0 Å². The van der Waals surface area contributed by atoms with Gasteiger partial charge in [-0.3, -0.25) is 0 Å². The lowest BCUT2D eigenvalue weighted by Crippen LogP contribution is -2.26. The highest BCUT2D eigenvalue weighted by Crippen LogP contribution is 2.25. The Morgan fingerprint density at radius 3 is 2.12 bits per heavy atom. The van der Waals surface area contributed by atoms with Gasteiger partial charge in [-0.15, -0.1) is 0 Å². The molecule has 4 nitrogen and oxygen atoms in total. The van der Waals surface area contributed by atoms with Gasteiger partial charge in [-0.25, -0.2) is 8.42 Å². The fraction of sp³-hybridized carbons (Fsp3) is 1.00. The Morgan fingerprint density at radius 1 is 1.12 bits per heavy atom. The quantitative estimate of drug-likeness (QED) is 0.630. The third kappa shape index (κ3) is 4.94. The van der Waals surface area contributed by atoms with E-state index in [1.54, 1.807) is 0 Å². The predicted molar refractivity (Wildman–Crippen MR) is 67.7 cm³/mol. The lowest BCUT2D eigenvalue weighted by atomic mass is 10.4. The van der Waals surface area contributed by atoms with Crippen LogP contribution in [0.5, 0.6) is 0 Å². The minimum Gasteiger partial charge on any atom is -0.353 e. The van der Waals surface area contributed by atoms with E-state index in [2.05, 4.69) is 0 Å². The van der Waals surface area contributed by atoms with E-state index in [9.17, 15) is 8.42 Å². The molecule has 17 heavy (non-hydrogen) atoms. The topological polar surface area (TPSA) is 52.6 Å². The van der Waals surface area contributed by atoms with E-state index in [1.807, 2.05) is 13.8 Å². The molecule has 0 radical (unpaired) electrons. The Bertz CT molecular complexity index is 288. The van der Waals surface area contributed by atoms with Crippen molar-refractivity contribution in [1.82, 2.24) is 0 Å². The highest BCUT2D eigenvalue weighted by atomic mass is 32.2. The molecule has 0 bridgehead atoms. The Kier molecular flexibility index (Phi) is 6.44. The van der Waals surface area contributed by atoms with Crippen LogP contribution in [0.2, 0.25) is 0 Å². The van der Waals surface area contributed by atoms with Crippen LogP contribution in [0.25, 0.3) is 0 Å². The standard InChI is InChI=1S/C12H24O4S/c1-3-15-12(16-4-2)9-10-17(13,14)11-7-5-6-8-11/h11-12H,3-10H2,1-2H3. The van der Waals surface area contributed by atoms with Crippen LogP contribution in [-0.4, -0.2) is 38.9 Å². The van der Waals surface area contributed by atoms with Gasteiger partial charge in [0.2, 0.25) is 0 Å². The van der Waals surface area contributed by atoms with Crippen LogP contribution in [0.4, 0.5) is 0 Å². The van der Waals surface area contributed by atoms with Crippen molar-refractivity contribution in [2.24, 2.45) is 0 Å². The zero-order valence-electron chi connectivity index (χ0n) is 10.9. The fourth-order valence-electron chi connectivity index (χ4n) is 2.26. The van der Waals surface area contributed by atoms with Gasteiger partial charge in [-0.2, -0.15) is 0 Å². The SMILES string of the molecule is CCOC(CCS(=O)(=O)C1CCCC1)OCC. The van der Waals surface area contributed by atoms with Gasteiger partial charge in [0.15, 0.2) is 16.1 Å². The maximum absolute atomic E-state index is 12.0. The second-order valence-electron chi connectivity index (χ2n) is 4.40. The number of rotatable bonds is 8. The van der Waals surface area contributed by atoms with E-state index >= 15 is 0 Å². The van der Waals surface area contributed by atoms with E-state index in [-0.39, 0.29) is 17.3 Å². The number of hydrogen-bond donors (Lipinski definition) is 0. The predicted octanol–water partition coefficient (Wildman–Crippen LogP) is 2.13. The molecule has 0 aromatic carbocycles. The first-order valence-corrected chi connectivity index (χ1v) is 8.26. The van der Waals surface area contributed by atoms with Crippen LogP contribution in [0, 0.1) is 0 Å². The molecule has 1 fully saturated rings. The van der Waals surface area contributed by atoms with Gasteiger partial charge in [0.1, 0.15) is 0 Å². The van der Waals surface area contributed by atoms with Crippen LogP contribution < -0.4 is 0 Å². The van der Waals surface area contributed by atoms with Crippen molar-refractivity contribution >= 4 is 9.84 Å². The monoisotopic (exact) mass is 264 g/mol. The molecule has 0 N–H and O–H groups in total. The molecule has 102 valence electrons. The molecule has 1 aliphatic rings. The third-order valence-electron chi connectivity index (χ3n) is 3.15. The first-order chi connectivity index (χ1) is 8.10. The number of sulfone groups is 1. The highest BCUT2D eigenvalue weighted by Gasteiger charge is 2.29. The first-order valence-electron chi connectivity index (χ1n) is 6.55. The minimum absolute atomic E-state index is 0.119. The molecular weight excluding hydrogens is 240 g/mol. The summed E-state index contributed by atoms with van der Waals surface area (Å²) in [6, 6.07) is 0. The van der Waals surface area contributed by atoms with E-state index in [0.29, 0.717) is 19.6 Å². The van der Waals surface area contributed by atoms with Gasteiger partial charge < -0.3 is 9.47 Å². The first kappa shape index (κ1) is 14.9. The van der Waals surface area contributed by atoms with Crippen LogP contribution in [0.15, 0.2) is 0 Å². The summed E-state index contributed by atoms with van der Waals surface area (Å²) in [5.74, 6) is 0.183.